The number of hydrogen-bond acceptors (Lipinski definition) is 6. The first kappa shape index (κ1) is 48.2. The van der Waals surface area contributed by atoms with Crippen LogP contribution in [0.4, 0.5) is 102 Å². The Morgan fingerprint density at radius 2 is 0.326 bits per heavy atom. The summed E-state index contributed by atoms with van der Waals surface area (Å²) in [6.45, 7) is 0. The van der Waals surface area contributed by atoms with Crippen LogP contribution in [0.15, 0.2) is 315 Å². The van der Waals surface area contributed by atoms with Gasteiger partial charge in [-0.05, 0) is 0 Å². The van der Waals surface area contributed by atoms with Crippen LogP contribution in [0.3, 0.4) is 0 Å². The van der Waals surface area contributed by atoms with Gasteiger partial charge in [0.25, 0.3) is 0 Å². The van der Waals surface area contributed by atoms with Crippen molar-refractivity contribution in [3.8, 4) is 0 Å². The topological polar surface area (TPSA) is 19.4 Å². The molecule has 0 N–H and O–H groups in total. The summed E-state index contributed by atoms with van der Waals surface area (Å²) in [7, 11) is 0. The molecule has 0 spiro atoms. The molecule has 0 fully saturated rings. The van der Waals surface area contributed by atoms with Gasteiger partial charge in [0, 0.05) is 0 Å². The van der Waals surface area contributed by atoms with E-state index in [2.05, 4.69) is 345 Å². The van der Waals surface area contributed by atoms with Crippen molar-refractivity contribution in [1.82, 2.24) is 0 Å². The van der Waals surface area contributed by atoms with E-state index in [1.807, 2.05) is 0 Å². The predicted octanol–water partition coefficient (Wildman–Crippen LogP) is 15.1. The molecule has 19 rings (SSSR count). The molecule has 6 aliphatic heterocycles. The molecule has 0 unspecified atom stereocenters. The molecule has 0 saturated carbocycles. The average molecular weight is 1220 g/mol. The normalized spacial score (nSPS) is 15.0. The minimum atomic E-state index is -4.58. The van der Waals surface area contributed by atoms with Crippen molar-refractivity contribution in [2.45, 2.75) is 0 Å². The Hall–Kier alpha value is -10.3. The number of para-hydroxylation sites is 6. The number of nitrogens with zero attached hydrogens (tertiary/aromatic N) is 6. The Labute approximate surface area is 505 Å². The Morgan fingerprint density at radius 3 is 0.535 bits per heavy atom. The van der Waals surface area contributed by atoms with Gasteiger partial charge in [-0.15, -0.1) is 0 Å². The van der Waals surface area contributed by atoms with Crippen LogP contribution in [-0.4, -0.2) is 26.5 Å². The van der Waals surface area contributed by atoms with Gasteiger partial charge in [-0.1, -0.05) is 0 Å². The molecule has 0 saturated heterocycles. The molecule has 0 atom stereocenters. The fourth-order valence-corrected chi connectivity index (χ4v) is 40.6. The summed E-state index contributed by atoms with van der Waals surface area (Å²) in [5, 5.41) is 0. The van der Waals surface area contributed by atoms with Crippen LogP contribution in [-0.2, 0) is 0 Å². The standard InChI is InChI=1S/C78H52Ge2N6/c1-9-29-53(30-10-1)79-69-61-45-25-49-65(69)83(57-37-17-5-18-38-57)75-73(79)76(84(58-39-19-6-20-40-58)66-50-26-46-62(70(66)79)81(61)55-33-13-3-14-34-55)78-74-77(75)85(59-41-21-7-22-42-59)67-51-27-47-63-71(67)80(74,54-31-11-2-12-32-54)72-64(82(63)56-35-15-4-16-36-56)48-28-52-68(72)86(78)60-43-23-8-24-44-60/h1-52H. The molecule has 86 heavy (non-hydrogen) atoms. The first-order valence-corrected chi connectivity index (χ1v) is 38.2. The van der Waals surface area contributed by atoms with E-state index in [0.29, 0.717) is 0 Å². The molecular weight excluding hydrogens is 1170 g/mol. The number of anilines is 18. The van der Waals surface area contributed by atoms with Crippen molar-refractivity contribution in [3.63, 3.8) is 0 Å². The molecule has 0 aliphatic carbocycles. The van der Waals surface area contributed by atoms with Gasteiger partial charge in [-0.25, -0.2) is 0 Å². The molecule has 6 heterocycles. The SMILES string of the molecule is c1ccc(N2c3cccc4[c]3[Ge]3([c]5ccccc5)[c]5c2cccc5N(c2ccccc2)c2c5[c]6c(c([c]23)N4c2ccccc2)N(c2ccccc2)c2cccc3[c]2[Ge]6([c]2ccccc2)[c]2c(cccc2N5c2ccccc2)N3c2ccccc2)cc1. The van der Waals surface area contributed by atoms with Crippen molar-refractivity contribution in [2.75, 3.05) is 29.4 Å². The van der Waals surface area contributed by atoms with Crippen molar-refractivity contribution in [3.05, 3.63) is 315 Å². The fourth-order valence-electron chi connectivity index (χ4n) is 16.2. The van der Waals surface area contributed by atoms with Gasteiger partial charge in [0.1, 0.15) is 0 Å². The van der Waals surface area contributed by atoms with Gasteiger partial charge >= 0.3 is 509 Å². The summed E-state index contributed by atoms with van der Waals surface area (Å²) in [6, 6.07) is 120. The second-order valence-electron chi connectivity index (χ2n) is 23.1. The second-order valence-corrected chi connectivity index (χ2v) is 38.1. The van der Waals surface area contributed by atoms with Crippen molar-refractivity contribution < 1.29 is 0 Å². The summed E-state index contributed by atoms with van der Waals surface area (Å²) < 4.78 is 11.4. The third-order valence-electron chi connectivity index (χ3n) is 19.0. The van der Waals surface area contributed by atoms with E-state index >= 15 is 0 Å². The van der Waals surface area contributed by atoms with E-state index in [0.717, 1.165) is 34.1 Å². The van der Waals surface area contributed by atoms with Crippen LogP contribution in [0.5, 0.6) is 0 Å². The minimum absolute atomic E-state index is 1.12. The van der Waals surface area contributed by atoms with Crippen LogP contribution in [0.25, 0.3) is 0 Å². The molecule has 0 radical (unpaired) electrons. The van der Waals surface area contributed by atoms with Crippen LogP contribution in [0.2, 0.25) is 0 Å². The predicted molar refractivity (Wildman–Crippen MR) is 363 cm³/mol. The van der Waals surface area contributed by atoms with E-state index in [1.165, 1.54) is 103 Å². The van der Waals surface area contributed by atoms with E-state index in [4.69, 9.17) is 0 Å². The zero-order chi connectivity index (χ0) is 56.2. The third-order valence-corrected chi connectivity index (χ3v) is 39.8. The first-order valence-electron chi connectivity index (χ1n) is 29.8. The molecule has 402 valence electrons. The van der Waals surface area contributed by atoms with E-state index in [9.17, 15) is 0 Å². The van der Waals surface area contributed by atoms with E-state index in [1.54, 1.807) is 0 Å². The quantitative estimate of drug-likeness (QED) is 0.140. The summed E-state index contributed by atoms with van der Waals surface area (Å²) in [5.74, 6) is 0. The van der Waals surface area contributed by atoms with Gasteiger partial charge in [-0.2, -0.15) is 0 Å². The van der Waals surface area contributed by atoms with Crippen LogP contribution in [0.1, 0.15) is 0 Å². The zero-order valence-electron chi connectivity index (χ0n) is 46.7. The molecular formula is C78H52Ge2N6. The van der Waals surface area contributed by atoms with Crippen molar-refractivity contribution >= 4 is 164 Å². The molecule has 13 aromatic rings. The van der Waals surface area contributed by atoms with Crippen LogP contribution in [0, 0.1) is 0 Å². The maximum absolute atomic E-state index is 4.58. The first-order chi connectivity index (χ1) is 42.8. The summed E-state index contributed by atoms with van der Waals surface area (Å²) in [4.78, 5) is 16.1. The van der Waals surface area contributed by atoms with Crippen LogP contribution >= 0.6 is 0 Å². The van der Waals surface area contributed by atoms with Crippen molar-refractivity contribution in [1.29, 1.82) is 0 Å². The Bertz CT molecular complexity index is 4370. The Kier molecular flexibility index (Phi) is 10.2. The molecule has 13 aromatic carbocycles. The third kappa shape index (κ3) is 6.06. The summed E-state index contributed by atoms with van der Waals surface area (Å²) >= 11 is -9.16. The summed E-state index contributed by atoms with van der Waals surface area (Å²) in [5.41, 5.74) is 21.6. The molecule has 0 amide bonds. The number of fused-ring (bicyclic) bond motifs is 2. The number of rotatable bonds is 8. The van der Waals surface area contributed by atoms with E-state index < -0.39 is 26.5 Å². The number of hydrogen-bond donors (Lipinski definition) is 0. The average Bonchev–Trinajstić information content (AvgIpc) is 0.634. The number of benzene rings is 13. The molecule has 0 bridgehead atoms. The fraction of sp³-hybridized carbons (Fsp3) is 0. The maximum atomic E-state index is 2.74. The molecule has 0 aromatic heterocycles. The monoisotopic (exact) mass is 1220 g/mol. The molecule has 6 nitrogen and oxygen atoms in total. The molecule has 8 heteroatoms. The van der Waals surface area contributed by atoms with Gasteiger partial charge in [0.2, 0.25) is 0 Å². The van der Waals surface area contributed by atoms with Gasteiger partial charge in [0.05, 0.1) is 0 Å². The molecule has 6 aliphatic rings. The van der Waals surface area contributed by atoms with Gasteiger partial charge < -0.3 is 0 Å². The summed E-state index contributed by atoms with van der Waals surface area (Å²) in [6.07, 6.45) is 0. The van der Waals surface area contributed by atoms with E-state index in [-0.39, 0.29) is 0 Å². The van der Waals surface area contributed by atoms with Gasteiger partial charge in [0.15, 0.2) is 0 Å². The Morgan fingerprint density at radius 1 is 0.151 bits per heavy atom. The van der Waals surface area contributed by atoms with Crippen LogP contribution < -0.4 is 64.6 Å². The van der Waals surface area contributed by atoms with Gasteiger partial charge in [-0.3, -0.25) is 0 Å². The second kappa shape index (κ2) is 18.1. The Balaban J connectivity index is 1.14. The van der Waals surface area contributed by atoms with Crippen molar-refractivity contribution in [2.24, 2.45) is 0 Å². The zero-order valence-corrected chi connectivity index (χ0v) is 50.9.